The van der Waals surface area contributed by atoms with Gasteiger partial charge < -0.3 is 24.2 Å². The maximum Gasteiger partial charge on any atom is 0.459 e. The van der Waals surface area contributed by atoms with Crippen LogP contribution in [0.4, 0.5) is 4.39 Å². The van der Waals surface area contributed by atoms with E-state index in [2.05, 4.69) is 15.2 Å². The van der Waals surface area contributed by atoms with E-state index < -0.39 is 57.0 Å². The number of halogens is 1. The quantitative estimate of drug-likeness (QED) is 0.182. The number of aliphatic hydroxyl groups excluding tert-OH is 2. The van der Waals surface area contributed by atoms with Gasteiger partial charge in [0, 0.05) is 0 Å². The topological polar surface area (TPSA) is 154 Å². The highest BCUT2D eigenvalue weighted by molar-refractivity contribution is 7.52. The first-order valence-corrected chi connectivity index (χ1v) is 15.4. The first-order chi connectivity index (χ1) is 20.1. The molecular formula is C28H38FN4O8P. The molecule has 3 heterocycles. The minimum absolute atomic E-state index is 0.162. The van der Waals surface area contributed by atoms with Crippen LogP contribution in [0.3, 0.4) is 0 Å². The summed E-state index contributed by atoms with van der Waals surface area (Å²) in [6, 6.07) is 10.3. The van der Waals surface area contributed by atoms with Gasteiger partial charge >= 0.3 is 13.7 Å². The van der Waals surface area contributed by atoms with E-state index in [1.165, 1.54) is 23.8 Å². The summed E-state index contributed by atoms with van der Waals surface area (Å²) in [6.07, 6.45) is -1.70. The van der Waals surface area contributed by atoms with Crippen molar-refractivity contribution in [2.75, 3.05) is 19.9 Å². The molecule has 0 amide bonds. The highest BCUT2D eigenvalue weighted by atomic mass is 31.2. The predicted octanol–water partition coefficient (Wildman–Crippen LogP) is 3.48. The van der Waals surface area contributed by atoms with Crippen LogP contribution in [-0.4, -0.2) is 75.0 Å². The molecule has 6 atom stereocenters. The number of nitrogens with one attached hydrogen (secondary N) is 1. The number of aromatic nitrogens is 3. The SMILES string of the molecule is CCC(CC)COC(=O)[C@H](C)N[P@](=O)(OC[C@H]1O[C@@](CF)(c2ccc3c(C)ncnn23)[C@H](O)[C@@H]1O)Oc1ccccc1. The predicted molar refractivity (Wildman–Crippen MR) is 151 cm³/mol. The number of aryl methyl sites for hydroxylation is 1. The van der Waals surface area contributed by atoms with E-state index >= 15 is 0 Å². The fourth-order valence-electron chi connectivity index (χ4n) is 4.81. The van der Waals surface area contributed by atoms with Crippen molar-refractivity contribution in [1.82, 2.24) is 19.7 Å². The van der Waals surface area contributed by atoms with Crippen LogP contribution in [0.5, 0.6) is 5.75 Å². The Hall–Kier alpha value is -2.93. The van der Waals surface area contributed by atoms with Gasteiger partial charge in [-0.05, 0) is 44.0 Å². The van der Waals surface area contributed by atoms with Crippen LogP contribution in [0.15, 0.2) is 48.8 Å². The number of ether oxygens (including phenoxy) is 2. The van der Waals surface area contributed by atoms with E-state index in [1.54, 1.807) is 43.3 Å². The summed E-state index contributed by atoms with van der Waals surface area (Å²) in [5, 5.41) is 28.6. The molecule has 0 spiro atoms. The number of rotatable bonds is 14. The number of fused-ring (bicyclic) bond motifs is 1. The number of carbonyl (C=O) groups is 1. The van der Waals surface area contributed by atoms with Crippen molar-refractivity contribution in [2.24, 2.45) is 5.92 Å². The third-order valence-corrected chi connectivity index (χ3v) is 9.16. The minimum Gasteiger partial charge on any atom is -0.464 e. The number of esters is 1. The zero-order valence-electron chi connectivity index (χ0n) is 24.1. The monoisotopic (exact) mass is 608 g/mol. The molecule has 1 aliphatic heterocycles. The third kappa shape index (κ3) is 6.66. The molecule has 42 heavy (non-hydrogen) atoms. The van der Waals surface area contributed by atoms with Gasteiger partial charge in [0.2, 0.25) is 0 Å². The first kappa shape index (κ1) is 32.0. The molecular weight excluding hydrogens is 570 g/mol. The Morgan fingerprint density at radius 1 is 1.21 bits per heavy atom. The molecule has 1 aliphatic rings. The summed E-state index contributed by atoms with van der Waals surface area (Å²) in [6.45, 7) is 5.64. The molecule has 4 rings (SSSR count). The van der Waals surface area contributed by atoms with Crippen molar-refractivity contribution >= 4 is 19.2 Å². The lowest BCUT2D eigenvalue weighted by molar-refractivity contribution is -0.146. The molecule has 3 aromatic rings. The molecule has 12 nitrogen and oxygen atoms in total. The highest BCUT2D eigenvalue weighted by Gasteiger charge is 2.57. The molecule has 1 aromatic carbocycles. The molecule has 2 aromatic heterocycles. The smallest absolute Gasteiger partial charge is 0.459 e. The van der Waals surface area contributed by atoms with Crippen LogP contribution < -0.4 is 9.61 Å². The number of benzene rings is 1. The van der Waals surface area contributed by atoms with Gasteiger partial charge in [-0.3, -0.25) is 9.32 Å². The van der Waals surface area contributed by atoms with Gasteiger partial charge in [-0.25, -0.2) is 18.5 Å². The molecule has 230 valence electrons. The van der Waals surface area contributed by atoms with Crippen molar-refractivity contribution in [1.29, 1.82) is 0 Å². The molecule has 1 fully saturated rings. The Kier molecular flexibility index (Phi) is 10.3. The summed E-state index contributed by atoms with van der Waals surface area (Å²) < 4.78 is 52.6. The van der Waals surface area contributed by atoms with Crippen LogP contribution >= 0.6 is 7.75 Å². The summed E-state index contributed by atoms with van der Waals surface area (Å²) in [5.74, 6) is -0.267. The fraction of sp³-hybridized carbons (Fsp3) is 0.536. The largest absolute Gasteiger partial charge is 0.464 e. The van der Waals surface area contributed by atoms with Gasteiger partial charge in [-0.1, -0.05) is 44.9 Å². The van der Waals surface area contributed by atoms with Crippen LogP contribution in [0.25, 0.3) is 5.52 Å². The van der Waals surface area contributed by atoms with Gasteiger partial charge in [0.1, 0.15) is 43.1 Å². The zero-order valence-corrected chi connectivity index (χ0v) is 24.9. The lowest BCUT2D eigenvalue weighted by atomic mass is 9.92. The molecule has 3 N–H and O–H groups in total. The second-order valence-electron chi connectivity index (χ2n) is 10.3. The lowest BCUT2D eigenvalue weighted by Crippen LogP contribution is -2.43. The van der Waals surface area contributed by atoms with Gasteiger partial charge in [-0.15, -0.1) is 0 Å². The maximum absolute atomic E-state index is 14.7. The van der Waals surface area contributed by atoms with E-state index in [4.69, 9.17) is 18.5 Å². The second-order valence-corrected chi connectivity index (χ2v) is 12.0. The van der Waals surface area contributed by atoms with E-state index in [1.807, 2.05) is 13.8 Å². The van der Waals surface area contributed by atoms with Crippen molar-refractivity contribution in [2.45, 2.75) is 70.5 Å². The molecule has 1 saturated heterocycles. The number of aliphatic hydroxyl groups is 2. The number of carbonyl (C=O) groups excluding carboxylic acids is 1. The van der Waals surface area contributed by atoms with Crippen molar-refractivity contribution < 1.29 is 42.5 Å². The van der Waals surface area contributed by atoms with Crippen LogP contribution in [0, 0.1) is 12.8 Å². The number of hydrogen-bond acceptors (Lipinski definition) is 10. The van der Waals surface area contributed by atoms with Gasteiger partial charge in [0.15, 0.2) is 5.60 Å². The van der Waals surface area contributed by atoms with Gasteiger partial charge in [0.05, 0.1) is 30.1 Å². The minimum atomic E-state index is -4.31. The Morgan fingerprint density at radius 2 is 1.93 bits per heavy atom. The van der Waals surface area contributed by atoms with Crippen LogP contribution in [-0.2, 0) is 29.0 Å². The summed E-state index contributed by atoms with van der Waals surface area (Å²) in [4.78, 5) is 16.8. The molecule has 0 aliphatic carbocycles. The standard InChI is InChI=1S/C28H38FN4O8P/c1-5-20(6-2)14-38-27(36)19(4)32-42(37,41-21-10-8-7-9-11-21)39-15-23-25(34)26(35)28(16-29,40-23)24-13-12-22-18(3)30-17-31-33(22)24/h7-13,17,19-20,23,25-26,34-35H,5-6,14-16H2,1-4H3,(H,32,37)/t19-,23+,25+,26+,28-,42-/m0/s1. The zero-order chi connectivity index (χ0) is 30.5. The number of para-hydroxylation sites is 1. The van der Waals surface area contributed by atoms with E-state index in [-0.39, 0.29) is 24.0 Å². The van der Waals surface area contributed by atoms with Crippen LogP contribution in [0.1, 0.15) is 45.0 Å². The maximum atomic E-state index is 14.7. The summed E-state index contributed by atoms with van der Waals surface area (Å²) in [5.41, 5.74) is -0.642. The van der Waals surface area contributed by atoms with E-state index in [0.29, 0.717) is 11.2 Å². The van der Waals surface area contributed by atoms with Gasteiger partial charge in [0.25, 0.3) is 0 Å². The fourth-order valence-corrected chi connectivity index (χ4v) is 6.31. The molecule has 0 bridgehead atoms. The third-order valence-electron chi connectivity index (χ3n) is 7.52. The van der Waals surface area contributed by atoms with Crippen LogP contribution in [0.2, 0.25) is 0 Å². The highest BCUT2D eigenvalue weighted by Crippen LogP contribution is 2.47. The summed E-state index contributed by atoms with van der Waals surface area (Å²) >= 11 is 0. The second kappa shape index (κ2) is 13.6. The van der Waals surface area contributed by atoms with Crippen molar-refractivity contribution in [3.8, 4) is 5.75 Å². The number of nitrogens with zero attached hydrogens (tertiary/aromatic N) is 3. The molecule has 0 unspecified atom stereocenters. The first-order valence-electron chi connectivity index (χ1n) is 13.9. The Balaban J connectivity index is 1.53. The Bertz CT molecular complexity index is 1390. The lowest BCUT2D eigenvalue weighted by Gasteiger charge is -2.29. The normalized spacial score (nSPS) is 24.5. The van der Waals surface area contributed by atoms with Crippen molar-refractivity contribution in [3.63, 3.8) is 0 Å². The molecule has 0 radical (unpaired) electrons. The molecule has 14 heteroatoms. The Morgan fingerprint density at radius 3 is 2.60 bits per heavy atom. The number of hydrogen-bond donors (Lipinski definition) is 3. The number of alkyl halides is 1. The van der Waals surface area contributed by atoms with Gasteiger partial charge in [-0.2, -0.15) is 10.2 Å². The van der Waals surface area contributed by atoms with Crippen molar-refractivity contribution in [3.05, 3.63) is 60.2 Å². The van der Waals surface area contributed by atoms with E-state index in [0.717, 1.165) is 12.8 Å². The average molecular weight is 609 g/mol. The van der Waals surface area contributed by atoms with E-state index in [9.17, 15) is 24.0 Å². The Labute approximate surface area is 243 Å². The average Bonchev–Trinajstić information content (AvgIpc) is 3.53. The molecule has 0 saturated carbocycles. The summed E-state index contributed by atoms with van der Waals surface area (Å²) in [7, 11) is -4.31.